The molecule has 2 unspecified atom stereocenters. The van der Waals surface area contributed by atoms with E-state index in [0.717, 1.165) is 12.0 Å². The van der Waals surface area contributed by atoms with Gasteiger partial charge in [-0.15, -0.1) is 11.8 Å². The number of carbonyl (C=O) groups is 2. The van der Waals surface area contributed by atoms with Crippen molar-refractivity contribution in [3.63, 3.8) is 0 Å². The molecular weight excluding hydrogens is 387 g/mol. The number of thioether (sulfide) groups is 1. The second-order valence-corrected chi connectivity index (χ2v) is 8.57. The van der Waals surface area contributed by atoms with Gasteiger partial charge >= 0.3 is 0 Å². The molecule has 154 valence electrons. The number of carbonyl (C=O) groups excluding carboxylic acids is 2. The van der Waals surface area contributed by atoms with E-state index in [-0.39, 0.29) is 23.7 Å². The van der Waals surface area contributed by atoms with Crippen LogP contribution < -0.4 is 10.6 Å². The lowest BCUT2D eigenvalue weighted by molar-refractivity contribution is -0.113. The molecule has 1 aliphatic rings. The van der Waals surface area contributed by atoms with Crippen molar-refractivity contribution in [1.29, 1.82) is 0 Å². The third-order valence-corrected chi connectivity index (χ3v) is 6.28. The Labute approximate surface area is 175 Å². The first-order chi connectivity index (χ1) is 14.0. The van der Waals surface area contributed by atoms with Crippen LogP contribution >= 0.6 is 11.8 Å². The Balaban J connectivity index is 1.42. The van der Waals surface area contributed by atoms with Crippen molar-refractivity contribution >= 4 is 29.3 Å². The molecule has 1 saturated carbocycles. The Morgan fingerprint density at radius 3 is 2.41 bits per heavy atom. The molecule has 0 spiro atoms. The van der Waals surface area contributed by atoms with E-state index >= 15 is 0 Å². The van der Waals surface area contributed by atoms with Gasteiger partial charge in [-0.1, -0.05) is 31.9 Å². The lowest BCUT2D eigenvalue weighted by atomic mass is 9.86. The smallest absolute Gasteiger partial charge is 0.251 e. The molecule has 2 amide bonds. The summed E-state index contributed by atoms with van der Waals surface area (Å²) >= 11 is 1.49. The van der Waals surface area contributed by atoms with Gasteiger partial charge in [0, 0.05) is 23.0 Å². The molecule has 1 fully saturated rings. The molecule has 3 rings (SSSR count). The Hall–Kier alpha value is -2.34. The predicted molar refractivity (Wildman–Crippen MR) is 117 cm³/mol. The van der Waals surface area contributed by atoms with Gasteiger partial charge < -0.3 is 10.6 Å². The molecule has 4 nitrogen and oxygen atoms in total. The number of hydrogen-bond donors (Lipinski definition) is 2. The normalized spacial score (nSPS) is 18.8. The number of nitrogens with one attached hydrogen (secondary N) is 2. The van der Waals surface area contributed by atoms with E-state index in [9.17, 15) is 14.0 Å². The first-order valence-electron chi connectivity index (χ1n) is 10.0. The summed E-state index contributed by atoms with van der Waals surface area (Å²) in [5.74, 6) is 1.05. The molecule has 2 aromatic carbocycles. The van der Waals surface area contributed by atoms with E-state index in [4.69, 9.17) is 0 Å². The monoisotopic (exact) mass is 414 g/mol. The van der Waals surface area contributed by atoms with Gasteiger partial charge in [0.1, 0.15) is 5.82 Å². The summed E-state index contributed by atoms with van der Waals surface area (Å²) < 4.78 is 12.9. The Morgan fingerprint density at radius 2 is 1.72 bits per heavy atom. The van der Waals surface area contributed by atoms with Crippen molar-refractivity contribution in [2.75, 3.05) is 11.1 Å². The van der Waals surface area contributed by atoms with Crippen LogP contribution in [-0.4, -0.2) is 23.6 Å². The molecule has 0 aliphatic heterocycles. The number of benzene rings is 2. The maximum Gasteiger partial charge on any atom is 0.251 e. The van der Waals surface area contributed by atoms with Crippen LogP contribution in [0, 0.1) is 11.7 Å². The van der Waals surface area contributed by atoms with Crippen molar-refractivity contribution in [3.05, 3.63) is 65.5 Å². The molecular formula is C23H27FN2O2S. The quantitative estimate of drug-likeness (QED) is 0.670. The van der Waals surface area contributed by atoms with Crippen molar-refractivity contribution < 1.29 is 14.0 Å². The Morgan fingerprint density at radius 1 is 1.03 bits per heavy atom. The number of halogens is 1. The molecule has 2 atom stereocenters. The highest BCUT2D eigenvalue weighted by atomic mass is 32.2. The van der Waals surface area contributed by atoms with E-state index in [2.05, 4.69) is 17.6 Å². The zero-order valence-electron chi connectivity index (χ0n) is 16.6. The Kier molecular flexibility index (Phi) is 7.69. The van der Waals surface area contributed by atoms with Gasteiger partial charge in [0.2, 0.25) is 5.91 Å². The maximum absolute atomic E-state index is 12.9. The number of hydrogen-bond acceptors (Lipinski definition) is 3. The number of anilines is 1. The summed E-state index contributed by atoms with van der Waals surface area (Å²) in [7, 11) is 0. The third-order valence-electron chi connectivity index (χ3n) is 5.27. The van der Waals surface area contributed by atoms with Gasteiger partial charge in [-0.05, 0) is 60.7 Å². The minimum absolute atomic E-state index is 0.0124. The first kappa shape index (κ1) is 21.4. The van der Waals surface area contributed by atoms with Crippen molar-refractivity contribution in [1.82, 2.24) is 5.32 Å². The first-order valence-corrected chi connectivity index (χ1v) is 11.2. The van der Waals surface area contributed by atoms with E-state index in [1.807, 2.05) is 24.3 Å². The SMILES string of the molecule is CC1CCCCC1NC(=O)c1ccc(CSCC(=O)Nc2ccc(F)cc2)cc1. The van der Waals surface area contributed by atoms with Crippen LogP contribution in [0.1, 0.15) is 48.5 Å². The zero-order chi connectivity index (χ0) is 20.6. The van der Waals surface area contributed by atoms with Crippen LogP contribution in [0.25, 0.3) is 0 Å². The summed E-state index contributed by atoms with van der Waals surface area (Å²) in [5.41, 5.74) is 2.32. The summed E-state index contributed by atoms with van der Waals surface area (Å²) in [6.07, 6.45) is 4.67. The summed E-state index contributed by atoms with van der Waals surface area (Å²) in [6.45, 7) is 2.21. The largest absolute Gasteiger partial charge is 0.349 e. The molecule has 2 N–H and O–H groups in total. The highest BCUT2D eigenvalue weighted by molar-refractivity contribution is 7.99. The minimum Gasteiger partial charge on any atom is -0.349 e. The third kappa shape index (κ3) is 6.60. The van der Waals surface area contributed by atoms with Crippen molar-refractivity contribution in [2.24, 2.45) is 5.92 Å². The lowest BCUT2D eigenvalue weighted by Crippen LogP contribution is -2.41. The van der Waals surface area contributed by atoms with E-state index < -0.39 is 0 Å². The molecule has 2 aromatic rings. The molecule has 6 heteroatoms. The highest BCUT2D eigenvalue weighted by Gasteiger charge is 2.23. The number of rotatable bonds is 7. The summed E-state index contributed by atoms with van der Waals surface area (Å²) in [4.78, 5) is 24.4. The Bertz CT molecular complexity index is 824. The molecule has 0 heterocycles. The van der Waals surface area contributed by atoms with Crippen molar-refractivity contribution in [3.8, 4) is 0 Å². The lowest BCUT2D eigenvalue weighted by Gasteiger charge is -2.29. The molecule has 0 aromatic heterocycles. The zero-order valence-corrected chi connectivity index (χ0v) is 17.4. The van der Waals surface area contributed by atoms with Gasteiger partial charge in [0.25, 0.3) is 5.91 Å². The molecule has 29 heavy (non-hydrogen) atoms. The van der Waals surface area contributed by atoms with Gasteiger partial charge in [0.05, 0.1) is 5.75 Å². The highest BCUT2D eigenvalue weighted by Crippen LogP contribution is 2.24. The van der Waals surface area contributed by atoms with Gasteiger partial charge in [-0.25, -0.2) is 4.39 Å². The van der Waals surface area contributed by atoms with Crippen LogP contribution in [0.3, 0.4) is 0 Å². The minimum atomic E-state index is -0.331. The van der Waals surface area contributed by atoms with Gasteiger partial charge in [0.15, 0.2) is 0 Å². The predicted octanol–water partition coefficient (Wildman–Crippen LogP) is 5.01. The second-order valence-electron chi connectivity index (χ2n) is 7.59. The fraction of sp³-hybridized carbons (Fsp3) is 0.391. The summed E-state index contributed by atoms with van der Waals surface area (Å²) in [6, 6.07) is 13.5. The molecule has 0 radical (unpaired) electrons. The van der Waals surface area contributed by atoms with Crippen LogP contribution in [0.2, 0.25) is 0 Å². The fourth-order valence-corrected chi connectivity index (χ4v) is 4.31. The van der Waals surface area contributed by atoms with Crippen LogP contribution in [0.15, 0.2) is 48.5 Å². The average Bonchev–Trinajstić information content (AvgIpc) is 2.72. The van der Waals surface area contributed by atoms with E-state index in [0.29, 0.717) is 28.7 Å². The standard InChI is InChI=1S/C23H27FN2O2S/c1-16-4-2-3-5-21(16)26-23(28)18-8-6-17(7-9-18)14-29-15-22(27)25-20-12-10-19(24)11-13-20/h6-13,16,21H,2-5,14-15H2,1H3,(H,25,27)(H,26,28). The van der Waals surface area contributed by atoms with E-state index in [1.165, 1.54) is 55.3 Å². The van der Waals surface area contributed by atoms with Gasteiger partial charge in [-0.3, -0.25) is 9.59 Å². The van der Waals surface area contributed by atoms with E-state index in [1.54, 1.807) is 0 Å². The second kappa shape index (κ2) is 10.4. The molecule has 1 aliphatic carbocycles. The van der Waals surface area contributed by atoms with Crippen LogP contribution in [0.4, 0.5) is 10.1 Å². The molecule has 0 saturated heterocycles. The van der Waals surface area contributed by atoms with Crippen LogP contribution in [-0.2, 0) is 10.5 Å². The van der Waals surface area contributed by atoms with Crippen LogP contribution in [0.5, 0.6) is 0 Å². The average molecular weight is 415 g/mol. The van der Waals surface area contributed by atoms with Gasteiger partial charge in [-0.2, -0.15) is 0 Å². The topological polar surface area (TPSA) is 58.2 Å². The number of amides is 2. The van der Waals surface area contributed by atoms with Crippen molar-refractivity contribution in [2.45, 2.75) is 44.4 Å². The summed E-state index contributed by atoms with van der Waals surface area (Å²) in [5, 5.41) is 5.91. The maximum atomic E-state index is 12.9. The molecule has 0 bridgehead atoms. The fourth-order valence-electron chi connectivity index (χ4n) is 3.53.